The van der Waals surface area contributed by atoms with Crippen molar-refractivity contribution < 1.29 is 4.74 Å². The van der Waals surface area contributed by atoms with Crippen molar-refractivity contribution in [3.8, 4) is 5.75 Å². The van der Waals surface area contributed by atoms with Crippen molar-refractivity contribution in [3.63, 3.8) is 0 Å². The quantitative estimate of drug-likeness (QED) is 0.752. The molecular formula is C13H14N6O. The van der Waals surface area contributed by atoms with E-state index in [9.17, 15) is 0 Å². The molecule has 0 spiro atoms. The number of aromatic amines is 1. The average Bonchev–Trinajstić information content (AvgIpc) is 2.93. The lowest BCUT2D eigenvalue weighted by atomic mass is 10.2. The molecule has 0 aliphatic rings. The van der Waals surface area contributed by atoms with Crippen LogP contribution in [0.15, 0.2) is 30.6 Å². The Hall–Kier alpha value is -2.83. The fraction of sp³-hybridized carbons (Fsp3) is 0.154. The van der Waals surface area contributed by atoms with E-state index >= 15 is 0 Å². The maximum absolute atomic E-state index is 5.74. The number of aromatic nitrogens is 4. The molecule has 7 nitrogen and oxygen atoms in total. The summed E-state index contributed by atoms with van der Waals surface area (Å²) in [4.78, 5) is 17.4. The highest BCUT2D eigenvalue weighted by atomic mass is 16.5. The van der Waals surface area contributed by atoms with Gasteiger partial charge < -0.3 is 20.4 Å². The first-order valence-corrected chi connectivity index (χ1v) is 6.04. The summed E-state index contributed by atoms with van der Waals surface area (Å²) in [5.41, 5.74) is 7.88. The van der Waals surface area contributed by atoms with Crippen molar-refractivity contribution in [3.05, 3.63) is 30.6 Å². The number of ether oxygens (including phenoxy) is 1. The van der Waals surface area contributed by atoms with Crippen molar-refractivity contribution in [2.75, 3.05) is 24.8 Å². The standard InChI is InChI=1S/C13H14N6O/c1-19(8-5-3-4-6-9(8)20-2)12-10-11(16-7-15-10)17-13(14)18-12/h3-7H,1-2H3,(H3,14,15,16,17,18). The molecule has 3 N–H and O–H groups in total. The Morgan fingerprint density at radius 1 is 1.25 bits per heavy atom. The summed E-state index contributed by atoms with van der Waals surface area (Å²) in [6.07, 6.45) is 1.57. The first-order chi connectivity index (χ1) is 9.70. The van der Waals surface area contributed by atoms with Crippen LogP contribution in [0.1, 0.15) is 0 Å². The number of nitrogens with two attached hydrogens (primary N) is 1. The fourth-order valence-corrected chi connectivity index (χ4v) is 2.10. The molecule has 0 bridgehead atoms. The van der Waals surface area contributed by atoms with Crippen LogP contribution in [0.3, 0.4) is 0 Å². The van der Waals surface area contributed by atoms with Gasteiger partial charge in [0.2, 0.25) is 5.95 Å². The SMILES string of the molecule is COc1ccccc1N(C)c1nc(N)nc2nc[nH]c12. The molecule has 0 aliphatic heterocycles. The third kappa shape index (κ3) is 1.89. The van der Waals surface area contributed by atoms with Gasteiger partial charge in [-0.2, -0.15) is 9.97 Å². The number of nitrogens with zero attached hydrogens (tertiary/aromatic N) is 4. The maximum atomic E-state index is 5.74. The molecule has 2 aromatic heterocycles. The highest BCUT2D eigenvalue weighted by molar-refractivity contribution is 5.87. The minimum Gasteiger partial charge on any atom is -0.495 e. The number of para-hydroxylation sites is 2. The number of nitrogens with one attached hydrogen (secondary N) is 1. The van der Waals surface area contributed by atoms with Crippen LogP contribution in [0, 0.1) is 0 Å². The van der Waals surface area contributed by atoms with Crippen LogP contribution >= 0.6 is 0 Å². The zero-order chi connectivity index (χ0) is 14.1. The van der Waals surface area contributed by atoms with Gasteiger partial charge in [0.25, 0.3) is 0 Å². The normalized spacial score (nSPS) is 10.7. The molecule has 0 radical (unpaired) electrons. The molecule has 0 unspecified atom stereocenters. The molecule has 0 atom stereocenters. The van der Waals surface area contributed by atoms with Gasteiger partial charge in [0.05, 0.1) is 19.1 Å². The van der Waals surface area contributed by atoms with Gasteiger partial charge in [-0.05, 0) is 12.1 Å². The number of H-pyrrole nitrogens is 1. The first kappa shape index (κ1) is 12.2. The van der Waals surface area contributed by atoms with Crippen LogP contribution in [0.2, 0.25) is 0 Å². The number of nitrogen functional groups attached to an aromatic ring is 1. The summed E-state index contributed by atoms with van der Waals surface area (Å²) < 4.78 is 5.37. The van der Waals surface area contributed by atoms with Crippen molar-refractivity contribution in [1.82, 2.24) is 19.9 Å². The van der Waals surface area contributed by atoms with Crippen LogP contribution in [0.5, 0.6) is 5.75 Å². The summed E-state index contributed by atoms with van der Waals surface area (Å²) in [5, 5.41) is 0. The lowest BCUT2D eigenvalue weighted by Crippen LogP contribution is -2.14. The summed E-state index contributed by atoms with van der Waals surface area (Å²) >= 11 is 0. The smallest absolute Gasteiger partial charge is 0.224 e. The number of hydrogen-bond donors (Lipinski definition) is 2. The Balaban J connectivity index is 2.17. The van der Waals surface area contributed by atoms with Crippen LogP contribution < -0.4 is 15.4 Å². The lowest BCUT2D eigenvalue weighted by Gasteiger charge is -2.21. The third-order valence-electron chi connectivity index (χ3n) is 3.05. The Bertz CT molecular complexity index is 753. The average molecular weight is 270 g/mol. The third-order valence-corrected chi connectivity index (χ3v) is 3.05. The van der Waals surface area contributed by atoms with E-state index in [1.807, 2.05) is 36.2 Å². The van der Waals surface area contributed by atoms with E-state index in [-0.39, 0.29) is 5.95 Å². The van der Waals surface area contributed by atoms with E-state index in [0.717, 1.165) is 17.0 Å². The molecule has 3 rings (SSSR count). The van der Waals surface area contributed by atoms with Gasteiger partial charge in [-0.25, -0.2) is 4.98 Å². The van der Waals surface area contributed by atoms with Crippen molar-refractivity contribution >= 4 is 28.6 Å². The van der Waals surface area contributed by atoms with Gasteiger partial charge in [0.15, 0.2) is 11.5 Å². The van der Waals surface area contributed by atoms with E-state index in [2.05, 4.69) is 19.9 Å². The summed E-state index contributed by atoms with van der Waals surface area (Å²) in [7, 11) is 3.52. The van der Waals surface area contributed by atoms with Crippen molar-refractivity contribution in [2.45, 2.75) is 0 Å². The van der Waals surface area contributed by atoms with Gasteiger partial charge in [-0.3, -0.25) is 0 Å². The second-order valence-corrected chi connectivity index (χ2v) is 4.24. The predicted octanol–water partition coefficient (Wildman–Crippen LogP) is 1.71. The maximum Gasteiger partial charge on any atom is 0.224 e. The van der Waals surface area contributed by atoms with Gasteiger partial charge in [-0.15, -0.1) is 0 Å². The molecule has 1 aromatic carbocycles. The van der Waals surface area contributed by atoms with E-state index in [1.165, 1.54) is 0 Å². The molecule has 0 saturated carbocycles. The van der Waals surface area contributed by atoms with Gasteiger partial charge in [0.1, 0.15) is 11.3 Å². The number of benzene rings is 1. The second kappa shape index (κ2) is 4.69. The zero-order valence-corrected chi connectivity index (χ0v) is 11.2. The highest BCUT2D eigenvalue weighted by Crippen LogP contribution is 2.33. The summed E-state index contributed by atoms with van der Waals surface area (Å²) in [5.74, 6) is 1.58. The highest BCUT2D eigenvalue weighted by Gasteiger charge is 2.16. The molecular weight excluding hydrogens is 256 g/mol. The molecule has 0 amide bonds. The zero-order valence-electron chi connectivity index (χ0n) is 11.2. The monoisotopic (exact) mass is 270 g/mol. The second-order valence-electron chi connectivity index (χ2n) is 4.24. The lowest BCUT2D eigenvalue weighted by molar-refractivity contribution is 0.415. The Kier molecular flexibility index (Phi) is 2.86. The van der Waals surface area contributed by atoms with Crippen LogP contribution in [0.25, 0.3) is 11.2 Å². The van der Waals surface area contributed by atoms with Gasteiger partial charge in [-0.1, -0.05) is 12.1 Å². The van der Waals surface area contributed by atoms with Crippen molar-refractivity contribution in [1.29, 1.82) is 0 Å². The van der Waals surface area contributed by atoms with Crippen LogP contribution in [-0.2, 0) is 0 Å². The summed E-state index contributed by atoms with van der Waals surface area (Å²) in [6.45, 7) is 0. The fourth-order valence-electron chi connectivity index (χ4n) is 2.10. The molecule has 102 valence electrons. The van der Waals surface area contributed by atoms with Crippen molar-refractivity contribution in [2.24, 2.45) is 0 Å². The molecule has 0 saturated heterocycles. The summed E-state index contributed by atoms with van der Waals surface area (Å²) in [6, 6.07) is 7.68. The first-order valence-electron chi connectivity index (χ1n) is 6.04. The molecule has 0 aliphatic carbocycles. The van der Waals surface area contributed by atoms with E-state index in [1.54, 1.807) is 13.4 Å². The van der Waals surface area contributed by atoms with Gasteiger partial charge >= 0.3 is 0 Å². The number of hydrogen-bond acceptors (Lipinski definition) is 6. The largest absolute Gasteiger partial charge is 0.495 e. The number of imidazole rings is 1. The molecule has 2 heterocycles. The topological polar surface area (TPSA) is 92.9 Å². The minimum atomic E-state index is 0.182. The Labute approximate surface area is 115 Å². The van der Waals surface area contributed by atoms with Crippen LogP contribution in [-0.4, -0.2) is 34.1 Å². The number of anilines is 3. The number of rotatable bonds is 3. The van der Waals surface area contributed by atoms with E-state index in [4.69, 9.17) is 10.5 Å². The molecule has 20 heavy (non-hydrogen) atoms. The number of methoxy groups -OCH3 is 1. The molecule has 7 heteroatoms. The molecule has 3 aromatic rings. The molecule has 0 fully saturated rings. The Morgan fingerprint density at radius 3 is 2.85 bits per heavy atom. The number of fused-ring (bicyclic) bond motifs is 1. The minimum absolute atomic E-state index is 0.182. The van der Waals surface area contributed by atoms with Crippen LogP contribution in [0.4, 0.5) is 17.5 Å². The Morgan fingerprint density at radius 2 is 2.05 bits per heavy atom. The van der Waals surface area contributed by atoms with E-state index in [0.29, 0.717) is 11.5 Å². The van der Waals surface area contributed by atoms with E-state index < -0.39 is 0 Å². The van der Waals surface area contributed by atoms with Gasteiger partial charge in [0, 0.05) is 7.05 Å². The predicted molar refractivity (Wildman–Crippen MR) is 77.2 cm³/mol.